The summed E-state index contributed by atoms with van der Waals surface area (Å²) >= 11 is 1.56. The average Bonchev–Trinajstić information content (AvgIpc) is 2.70. The molecule has 0 saturated heterocycles. The van der Waals surface area contributed by atoms with Gasteiger partial charge < -0.3 is 15.4 Å². The van der Waals surface area contributed by atoms with Gasteiger partial charge in [-0.1, -0.05) is 19.0 Å². The number of nitrogens with zero attached hydrogens (tertiary/aromatic N) is 2. The van der Waals surface area contributed by atoms with Crippen molar-refractivity contribution in [3.05, 3.63) is 11.7 Å². The zero-order chi connectivity index (χ0) is 13.5. The van der Waals surface area contributed by atoms with Gasteiger partial charge in [-0.25, -0.2) is 0 Å². The molecule has 0 radical (unpaired) electrons. The molecule has 0 amide bonds. The van der Waals surface area contributed by atoms with Crippen LogP contribution >= 0.6 is 11.8 Å². The van der Waals surface area contributed by atoms with Crippen LogP contribution in [0.15, 0.2) is 4.52 Å². The zero-order valence-electron chi connectivity index (χ0n) is 10.6. The van der Waals surface area contributed by atoms with E-state index in [4.69, 9.17) is 15.4 Å². The van der Waals surface area contributed by atoms with Gasteiger partial charge in [0.25, 0.3) is 0 Å². The lowest BCUT2D eigenvalue weighted by molar-refractivity contribution is -0.138. The molecular formula is C11H19N3O3S. The van der Waals surface area contributed by atoms with Crippen LogP contribution in [-0.2, 0) is 17.0 Å². The summed E-state index contributed by atoms with van der Waals surface area (Å²) in [5.74, 6) is 2.12. The van der Waals surface area contributed by atoms with Gasteiger partial charge in [0, 0.05) is 6.42 Å². The summed E-state index contributed by atoms with van der Waals surface area (Å²) in [5.41, 5.74) is 5.39. The lowest BCUT2D eigenvalue weighted by atomic mass is 10.1. The van der Waals surface area contributed by atoms with Gasteiger partial charge >= 0.3 is 5.97 Å². The number of carboxylic acid groups (broad SMARTS) is 1. The second kappa shape index (κ2) is 7.38. The molecule has 1 aromatic heterocycles. The fourth-order valence-electron chi connectivity index (χ4n) is 1.28. The molecule has 0 bridgehead atoms. The zero-order valence-corrected chi connectivity index (χ0v) is 11.4. The summed E-state index contributed by atoms with van der Waals surface area (Å²) < 4.78 is 5.10. The molecule has 0 fully saturated rings. The highest BCUT2D eigenvalue weighted by Gasteiger charge is 2.11. The quantitative estimate of drug-likeness (QED) is 0.688. The van der Waals surface area contributed by atoms with Crippen molar-refractivity contribution in [2.24, 2.45) is 11.7 Å². The van der Waals surface area contributed by atoms with Crippen molar-refractivity contribution in [3.8, 4) is 0 Å². The summed E-state index contributed by atoms with van der Waals surface area (Å²) in [6.07, 6.45) is 1.22. The number of hydrogen-bond acceptors (Lipinski definition) is 6. The largest absolute Gasteiger partial charge is 0.480 e. The lowest BCUT2D eigenvalue weighted by Gasteiger charge is -2.04. The van der Waals surface area contributed by atoms with Crippen molar-refractivity contribution in [1.82, 2.24) is 10.1 Å². The average molecular weight is 273 g/mol. The smallest absolute Gasteiger partial charge is 0.320 e. The molecule has 0 aliphatic heterocycles. The van der Waals surface area contributed by atoms with E-state index >= 15 is 0 Å². The van der Waals surface area contributed by atoms with Crippen molar-refractivity contribution in [2.75, 3.05) is 5.75 Å². The Kier molecular flexibility index (Phi) is 6.14. The molecule has 0 aromatic carbocycles. The molecule has 7 heteroatoms. The van der Waals surface area contributed by atoms with Crippen LogP contribution in [0.25, 0.3) is 0 Å². The van der Waals surface area contributed by atoms with Crippen molar-refractivity contribution in [3.63, 3.8) is 0 Å². The number of carboxylic acids is 1. The molecule has 1 atom stereocenters. The van der Waals surface area contributed by atoms with E-state index in [1.165, 1.54) is 0 Å². The number of carbonyl (C=O) groups is 1. The molecule has 6 nitrogen and oxygen atoms in total. The van der Waals surface area contributed by atoms with Gasteiger partial charge in [0.15, 0.2) is 5.82 Å². The van der Waals surface area contributed by atoms with Crippen LogP contribution in [0.4, 0.5) is 0 Å². The van der Waals surface area contributed by atoms with Crippen LogP contribution in [0.3, 0.4) is 0 Å². The first-order valence-electron chi connectivity index (χ1n) is 5.86. The van der Waals surface area contributed by atoms with Crippen LogP contribution in [0.1, 0.15) is 32.0 Å². The fraction of sp³-hybridized carbons (Fsp3) is 0.727. The molecule has 1 aromatic rings. The second-order valence-corrected chi connectivity index (χ2v) is 5.59. The van der Waals surface area contributed by atoms with Gasteiger partial charge in [-0.3, -0.25) is 4.79 Å². The molecule has 1 unspecified atom stereocenters. The van der Waals surface area contributed by atoms with E-state index in [0.717, 1.165) is 6.42 Å². The fourth-order valence-corrected chi connectivity index (χ4v) is 2.14. The number of rotatable bonds is 8. The number of aliphatic carboxylic acids is 1. The number of aromatic nitrogens is 2. The third-order valence-corrected chi connectivity index (χ3v) is 3.20. The van der Waals surface area contributed by atoms with Crippen LogP contribution in [-0.4, -0.2) is 33.0 Å². The first kappa shape index (κ1) is 15.0. The highest BCUT2D eigenvalue weighted by molar-refractivity contribution is 7.98. The van der Waals surface area contributed by atoms with Crippen LogP contribution in [0, 0.1) is 5.92 Å². The standard InChI is InChI=1S/C11H19N3O3S/c1-7(2)5-10-13-9(14-17-10)6-18-4-3-8(12)11(15)16/h7-8H,3-6,12H2,1-2H3,(H,15,16). The minimum absolute atomic E-state index is 0.441. The van der Waals surface area contributed by atoms with Gasteiger partial charge in [0.1, 0.15) is 6.04 Å². The molecule has 3 N–H and O–H groups in total. The van der Waals surface area contributed by atoms with E-state index in [2.05, 4.69) is 24.0 Å². The van der Waals surface area contributed by atoms with E-state index < -0.39 is 12.0 Å². The normalized spacial score (nSPS) is 12.9. The van der Waals surface area contributed by atoms with E-state index in [-0.39, 0.29) is 0 Å². The maximum atomic E-state index is 10.5. The minimum Gasteiger partial charge on any atom is -0.480 e. The van der Waals surface area contributed by atoms with Crippen molar-refractivity contribution >= 4 is 17.7 Å². The maximum Gasteiger partial charge on any atom is 0.320 e. The summed E-state index contributed by atoms with van der Waals surface area (Å²) in [6, 6.07) is -0.792. The van der Waals surface area contributed by atoms with E-state index in [1.807, 2.05) is 0 Å². The summed E-state index contributed by atoms with van der Waals surface area (Å²) in [4.78, 5) is 14.8. The first-order valence-corrected chi connectivity index (χ1v) is 7.02. The molecule has 102 valence electrons. The topological polar surface area (TPSA) is 102 Å². The number of nitrogens with two attached hydrogens (primary N) is 1. The molecule has 0 aliphatic carbocycles. The number of thioether (sulfide) groups is 1. The van der Waals surface area contributed by atoms with Crippen LogP contribution in [0.2, 0.25) is 0 Å². The van der Waals surface area contributed by atoms with E-state index in [1.54, 1.807) is 11.8 Å². The SMILES string of the molecule is CC(C)Cc1nc(CSCCC(N)C(=O)O)no1. The summed E-state index contributed by atoms with van der Waals surface area (Å²) in [7, 11) is 0. The monoisotopic (exact) mass is 273 g/mol. The van der Waals surface area contributed by atoms with Crippen LogP contribution in [0.5, 0.6) is 0 Å². The van der Waals surface area contributed by atoms with Crippen molar-refractivity contribution < 1.29 is 14.4 Å². The van der Waals surface area contributed by atoms with E-state index in [9.17, 15) is 4.79 Å². The Morgan fingerprint density at radius 2 is 2.28 bits per heavy atom. The molecule has 1 heterocycles. The molecule has 1 rings (SSSR count). The summed E-state index contributed by atoms with van der Waals surface area (Å²) in [6.45, 7) is 4.18. The Bertz CT molecular complexity index is 381. The highest BCUT2D eigenvalue weighted by Crippen LogP contribution is 2.12. The Morgan fingerprint density at radius 1 is 1.56 bits per heavy atom. The molecule has 0 aliphatic rings. The minimum atomic E-state index is -0.964. The van der Waals surface area contributed by atoms with Gasteiger partial charge in [-0.2, -0.15) is 16.7 Å². The summed E-state index contributed by atoms with van der Waals surface area (Å²) in [5, 5.41) is 12.5. The van der Waals surface area contributed by atoms with Gasteiger partial charge in [0.2, 0.25) is 5.89 Å². The third kappa shape index (κ3) is 5.50. The Balaban J connectivity index is 2.23. The van der Waals surface area contributed by atoms with Gasteiger partial charge in [-0.15, -0.1) is 0 Å². The lowest BCUT2D eigenvalue weighted by Crippen LogP contribution is -2.30. The molecule has 18 heavy (non-hydrogen) atoms. The Labute approximate surface area is 110 Å². The van der Waals surface area contributed by atoms with Gasteiger partial charge in [-0.05, 0) is 18.1 Å². The predicted octanol–water partition coefficient (Wildman–Crippen LogP) is 1.30. The van der Waals surface area contributed by atoms with Crippen molar-refractivity contribution in [2.45, 2.75) is 38.5 Å². The number of hydrogen-bond donors (Lipinski definition) is 2. The first-order chi connectivity index (χ1) is 8.49. The highest BCUT2D eigenvalue weighted by atomic mass is 32.2. The van der Waals surface area contributed by atoms with E-state index in [0.29, 0.717) is 35.6 Å². The Morgan fingerprint density at radius 3 is 2.89 bits per heavy atom. The third-order valence-electron chi connectivity index (χ3n) is 2.21. The van der Waals surface area contributed by atoms with Crippen LogP contribution < -0.4 is 5.73 Å². The van der Waals surface area contributed by atoms with Gasteiger partial charge in [0.05, 0.1) is 5.75 Å². The maximum absolute atomic E-state index is 10.5. The molecule has 0 spiro atoms. The second-order valence-electron chi connectivity index (χ2n) is 4.49. The molecular weight excluding hydrogens is 254 g/mol. The van der Waals surface area contributed by atoms with Crippen molar-refractivity contribution in [1.29, 1.82) is 0 Å². The Hall–Kier alpha value is -1.08. The predicted molar refractivity (Wildman–Crippen MR) is 69.2 cm³/mol. The molecule has 0 saturated carbocycles.